The average Bonchev–Trinajstić information content (AvgIpc) is 2.68. The van der Waals surface area contributed by atoms with Crippen LogP contribution in [0.3, 0.4) is 0 Å². The van der Waals surface area contributed by atoms with Crippen molar-refractivity contribution in [1.29, 1.82) is 0 Å². The number of hydrogen-bond donors (Lipinski definition) is 2. The van der Waals surface area contributed by atoms with Crippen molar-refractivity contribution in [2.45, 2.75) is 63.9 Å². The monoisotopic (exact) mass is 355 g/mol. The highest BCUT2D eigenvalue weighted by atomic mass is 16.5. The van der Waals surface area contributed by atoms with Crippen LogP contribution in [0.25, 0.3) is 0 Å². The van der Waals surface area contributed by atoms with Crippen LogP contribution in [-0.4, -0.2) is 17.2 Å². The maximum atomic E-state index is 12.9. The van der Waals surface area contributed by atoms with E-state index in [1.165, 1.54) is 25.5 Å². The van der Waals surface area contributed by atoms with E-state index >= 15 is 0 Å². The molecule has 26 heavy (non-hydrogen) atoms. The molecule has 4 heteroatoms. The number of benzene rings is 1. The van der Waals surface area contributed by atoms with E-state index in [4.69, 9.17) is 4.74 Å². The molecule has 1 atom stereocenters. The number of aryl methyl sites for hydroxylation is 2. The summed E-state index contributed by atoms with van der Waals surface area (Å²) in [5, 5.41) is 9.49. The number of hydrogen-bond acceptors (Lipinski definition) is 3. The zero-order valence-corrected chi connectivity index (χ0v) is 15.6. The first kappa shape index (κ1) is 18.7. The van der Waals surface area contributed by atoms with Gasteiger partial charge in [0.2, 0.25) is 5.43 Å². The Balaban J connectivity index is 1.61. The summed E-state index contributed by atoms with van der Waals surface area (Å²) in [5.74, 6) is 0.586. The molecule has 1 aliphatic carbocycles. The Hall–Kier alpha value is -2.07. The Morgan fingerprint density at radius 1 is 1.19 bits per heavy atom. The maximum absolute atomic E-state index is 12.9. The minimum atomic E-state index is -0.199. The van der Waals surface area contributed by atoms with Gasteiger partial charge in [0.05, 0.1) is 19.4 Å². The Morgan fingerprint density at radius 2 is 2.00 bits per heavy atom. The number of methoxy groups -OCH3 is 1. The average molecular weight is 355 g/mol. The van der Waals surface area contributed by atoms with Crippen LogP contribution >= 0.6 is 0 Å². The van der Waals surface area contributed by atoms with E-state index in [2.05, 4.69) is 35.3 Å². The molecule has 0 saturated heterocycles. The fourth-order valence-corrected chi connectivity index (χ4v) is 4.16. The van der Waals surface area contributed by atoms with Gasteiger partial charge in [-0.25, -0.2) is 0 Å². The molecule has 0 radical (unpaired) electrons. The van der Waals surface area contributed by atoms with Crippen LogP contribution in [0, 0.1) is 0 Å². The van der Waals surface area contributed by atoms with Gasteiger partial charge in [-0.3, -0.25) is 4.79 Å². The van der Waals surface area contributed by atoms with Crippen molar-refractivity contribution in [3.05, 3.63) is 63.1 Å². The molecule has 1 heterocycles. The van der Waals surface area contributed by atoms with Gasteiger partial charge in [0.15, 0.2) is 5.75 Å². The SMILES string of the molecule is COc1c(CO)[nH]c2c(c1=O)[C@H](CCCCCc1ccccc1)CCC2. The Bertz CT molecular complexity index is 767. The smallest absolute Gasteiger partial charge is 0.227 e. The molecule has 0 fully saturated rings. The molecule has 0 bridgehead atoms. The Labute approximate surface area is 155 Å². The predicted molar refractivity (Wildman–Crippen MR) is 104 cm³/mol. The van der Waals surface area contributed by atoms with Crippen LogP contribution in [0.4, 0.5) is 0 Å². The lowest BCUT2D eigenvalue weighted by Crippen LogP contribution is -2.25. The fraction of sp³-hybridized carbons (Fsp3) is 0.500. The summed E-state index contributed by atoms with van der Waals surface area (Å²) in [4.78, 5) is 16.1. The van der Waals surface area contributed by atoms with Gasteiger partial charge in [-0.2, -0.15) is 0 Å². The zero-order chi connectivity index (χ0) is 18.4. The third-order valence-electron chi connectivity index (χ3n) is 5.46. The van der Waals surface area contributed by atoms with E-state index in [-0.39, 0.29) is 17.8 Å². The van der Waals surface area contributed by atoms with E-state index in [9.17, 15) is 9.90 Å². The second-order valence-electron chi connectivity index (χ2n) is 7.19. The number of pyridine rings is 1. The number of aromatic nitrogens is 1. The molecular weight excluding hydrogens is 326 g/mol. The van der Waals surface area contributed by atoms with Gasteiger partial charge in [-0.05, 0) is 50.0 Å². The topological polar surface area (TPSA) is 62.3 Å². The zero-order valence-electron chi connectivity index (χ0n) is 15.6. The highest BCUT2D eigenvalue weighted by molar-refractivity contribution is 5.39. The Kier molecular flexibility index (Phi) is 6.51. The summed E-state index contributed by atoms with van der Waals surface area (Å²) < 4.78 is 5.27. The summed E-state index contributed by atoms with van der Waals surface area (Å²) >= 11 is 0. The number of ether oxygens (including phenoxy) is 1. The van der Waals surface area contributed by atoms with Gasteiger partial charge < -0.3 is 14.8 Å². The fourth-order valence-electron chi connectivity index (χ4n) is 4.16. The standard InChI is InChI=1S/C22H29NO3/c1-26-22-19(15-24)23-18-14-8-13-17(20(18)21(22)25)12-7-3-6-11-16-9-4-2-5-10-16/h2,4-5,9-10,17,24H,3,6-8,11-15H2,1H3,(H,23,25)/t17-/m1/s1. The molecule has 0 spiro atoms. The van der Waals surface area contributed by atoms with E-state index in [1.54, 1.807) is 0 Å². The maximum Gasteiger partial charge on any atom is 0.227 e. The van der Waals surface area contributed by atoms with Gasteiger partial charge in [0.25, 0.3) is 0 Å². The molecule has 0 unspecified atom stereocenters. The first-order chi connectivity index (χ1) is 12.7. The van der Waals surface area contributed by atoms with Crippen molar-refractivity contribution in [3.8, 4) is 5.75 Å². The first-order valence-electron chi connectivity index (χ1n) is 9.71. The lowest BCUT2D eigenvalue weighted by molar-refractivity contribution is 0.266. The molecule has 1 aromatic carbocycles. The molecule has 0 aliphatic heterocycles. The molecule has 1 aromatic heterocycles. The largest absolute Gasteiger partial charge is 0.491 e. The van der Waals surface area contributed by atoms with E-state index in [1.807, 2.05) is 0 Å². The number of aromatic amines is 1. The van der Waals surface area contributed by atoms with Crippen LogP contribution in [-0.2, 0) is 19.4 Å². The summed E-state index contributed by atoms with van der Waals surface area (Å²) in [5.41, 5.74) is 3.76. The molecular formula is C22H29NO3. The van der Waals surface area contributed by atoms with Gasteiger partial charge in [0, 0.05) is 11.3 Å². The van der Waals surface area contributed by atoms with Crippen molar-refractivity contribution < 1.29 is 9.84 Å². The van der Waals surface area contributed by atoms with Gasteiger partial charge in [-0.15, -0.1) is 0 Å². The first-order valence-corrected chi connectivity index (χ1v) is 9.71. The highest BCUT2D eigenvalue weighted by Gasteiger charge is 2.26. The van der Waals surface area contributed by atoms with Gasteiger partial charge in [0.1, 0.15) is 0 Å². The number of nitrogens with one attached hydrogen (secondary N) is 1. The minimum absolute atomic E-state index is 0.0284. The van der Waals surface area contributed by atoms with E-state index in [0.717, 1.165) is 49.8 Å². The van der Waals surface area contributed by atoms with E-state index < -0.39 is 0 Å². The Morgan fingerprint density at radius 3 is 2.73 bits per heavy atom. The second kappa shape index (κ2) is 9.04. The molecule has 1 aliphatic rings. The van der Waals surface area contributed by atoms with Crippen LogP contribution < -0.4 is 10.2 Å². The van der Waals surface area contributed by atoms with Crippen LogP contribution in [0.2, 0.25) is 0 Å². The van der Waals surface area contributed by atoms with Crippen LogP contribution in [0.1, 0.15) is 67.0 Å². The molecule has 140 valence electrons. The number of rotatable bonds is 8. The van der Waals surface area contributed by atoms with Gasteiger partial charge >= 0.3 is 0 Å². The summed E-state index contributed by atoms with van der Waals surface area (Å²) in [6.45, 7) is -0.199. The van der Waals surface area contributed by atoms with E-state index in [0.29, 0.717) is 11.6 Å². The quantitative estimate of drug-likeness (QED) is 0.701. The van der Waals surface area contributed by atoms with Crippen molar-refractivity contribution in [2.75, 3.05) is 7.11 Å². The number of aliphatic hydroxyl groups is 1. The number of aliphatic hydroxyl groups excluding tert-OH is 1. The molecule has 3 rings (SSSR count). The molecule has 2 N–H and O–H groups in total. The van der Waals surface area contributed by atoms with Gasteiger partial charge in [-0.1, -0.05) is 43.2 Å². The number of unbranched alkanes of at least 4 members (excludes halogenated alkanes) is 2. The summed E-state index contributed by atoms with van der Waals surface area (Å²) in [7, 11) is 1.50. The number of fused-ring (bicyclic) bond motifs is 1. The highest BCUT2D eigenvalue weighted by Crippen LogP contribution is 2.34. The van der Waals surface area contributed by atoms with Crippen molar-refractivity contribution in [3.63, 3.8) is 0 Å². The van der Waals surface area contributed by atoms with Crippen LogP contribution in [0.5, 0.6) is 5.75 Å². The number of H-pyrrole nitrogens is 1. The lowest BCUT2D eigenvalue weighted by atomic mass is 9.81. The molecule has 0 amide bonds. The lowest BCUT2D eigenvalue weighted by Gasteiger charge is -2.26. The molecule has 2 aromatic rings. The summed E-state index contributed by atoms with van der Waals surface area (Å²) in [6.07, 6.45) is 8.72. The summed E-state index contributed by atoms with van der Waals surface area (Å²) in [6, 6.07) is 10.6. The third kappa shape index (κ3) is 4.18. The predicted octanol–water partition coefficient (Wildman–Crippen LogP) is 4.10. The molecule has 4 nitrogen and oxygen atoms in total. The molecule has 0 saturated carbocycles. The van der Waals surface area contributed by atoms with Crippen molar-refractivity contribution in [1.82, 2.24) is 4.98 Å². The van der Waals surface area contributed by atoms with Crippen LogP contribution in [0.15, 0.2) is 35.1 Å². The van der Waals surface area contributed by atoms with Crippen molar-refractivity contribution in [2.24, 2.45) is 0 Å². The van der Waals surface area contributed by atoms with Crippen molar-refractivity contribution >= 4 is 0 Å². The third-order valence-corrected chi connectivity index (χ3v) is 5.46. The normalized spacial score (nSPS) is 16.3. The second-order valence-corrected chi connectivity index (χ2v) is 7.19. The minimum Gasteiger partial charge on any atom is -0.491 e.